The van der Waals surface area contributed by atoms with E-state index in [9.17, 15) is 23.9 Å². The number of halogens is 1. The third-order valence-corrected chi connectivity index (χ3v) is 4.94. The fourth-order valence-corrected chi connectivity index (χ4v) is 3.69. The Morgan fingerprint density at radius 1 is 1.30 bits per heavy atom. The fourth-order valence-electron chi connectivity index (χ4n) is 3.69. The van der Waals surface area contributed by atoms with Gasteiger partial charge in [0.1, 0.15) is 6.17 Å². The molecular formula is C14H22FN3O5. The number of hydrogen-bond acceptors (Lipinski definition) is 5. The number of alkyl halides is 1. The number of hydrogen-bond donors (Lipinski definition) is 5. The predicted molar refractivity (Wildman–Crippen MR) is 77.0 cm³/mol. The number of carbonyl (C=O) groups is 3. The van der Waals surface area contributed by atoms with Crippen LogP contribution in [0.3, 0.4) is 0 Å². The van der Waals surface area contributed by atoms with Crippen molar-refractivity contribution in [3.05, 3.63) is 0 Å². The van der Waals surface area contributed by atoms with Crippen LogP contribution in [0.2, 0.25) is 0 Å². The van der Waals surface area contributed by atoms with Crippen molar-refractivity contribution in [3.8, 4) is 0 Å². The molecule has 6 atom stereocenters. The van der Waals surface area contributed by atoms with Crippen molar-refractivity contribution in [2.75, 3.05) is 6.54 Å². The van der Waals surface area contributed by atoms with Crippen LogP contribution in [0.15, 0.2) is 0 Å². The van der Waals surface area contributed by atoms with E-state index in [4.69, 9.17) is 16.6 Å². The van der Waals surface area contributed by atoms with Crippen molar-refractivity contribution in [2.24, 2.45) is 29.2 Å². The Labute approximate surface area is 132 Å². The number of nitrogens with two attached hydrogens (primary N) is 2. The summed E-state index contributed by atoms with van der Waals surface area (Å²) in [5.74, 6) is -5.93. The van der Waals surface area contributed by atoms with Crippen molar-refractivity contribution < 1.29 is 29.0 Å². The Morgan fingerprint density at radius 3 is 2.48 bits per heavy atom. The van der Waals surface area contributed by atoms with Crippen LogP contribution in [0.4, 0.5) is 4.39 Å². The SMILES string of the molecule is NCCCC[C@H](N)C(=O)N[C@]1(C(=O)O)[C@H]2[C@@H](C[C@@H]1F)[C@@H]2C(=O)O. The summed E-state index contributed by atoms with van der Waals surface area (Å²) in [7, 11) is 0. The van der Waals surface area contributed by atoms with E-state index in [1.54, 1.807) is 0 Å². The van der Waals surface area contributed by atoms with Gasteiger partial charge in [0.25, 0.3) is 0 Å². The van der Waals surface area contributed by atoms with Crippen LogP contribution >= 0.6 is 0 Å². The molecule has 8 nitrogen and oxygen atoms in total. The highest BCUT2D eigenvalue weighted by Gasteiger charge is 2.76. The third-order valence-electron chi connectivity index (χ3n) is 4.94. The first-order valence-corrected chi connectivity index (χ1v) is 7.65. The molecule has 0 radical (unpaired) electrons. The van der Waals surface area contributed by atoms with E-state index in [0.717, 1.165) is 0 Å². The summed E-state index contributed by atoms with van der Waals surface area (Å²) in [6.07, 6.45) is -0.454. The lowest BCUT2D eigenvalue weighted by Crippen LogP contribution is -2.63. The summed E-state index contributed by atoms with van der Waals surface area (Å²) in [5, 5.41) is 20.8. The molecule has 2 fully saturated rings. The van der Waals surface area contributed by atoms with Crippen LogP contribution in [0.1, 0.15) is 25.7 Å². The second-order valence-electron chi connectivity index (χ2n) is 6.31. The molecule has 2 rings (SSSR count). The molecule has 130 valence electrons. The highest BCUT2D eigenvalue weighted by atomic mass is 19.1. The zero-order chi connectivity index (χ0) is 17.4. The Kier molecular flexibility index (Phi) is 4.90. The normalized spacial score (nSPS) is 36.1. The number of amides is 1. The number of carboxylic acid groups (broad SMARTS) is 2. The summed E-state index contributed by atoms with van der Waals surface area (Å²) in [5.41, 5.74) is 8.86. The molecule has 0 unspecified atom stereocenters. The third kappa shape index (κ3) is 2.90. The van der Waals surface area contributed by atoms with E-state index >= 15 is 0 Å². The molecule has 0 bridgehead atoms. The van der Waals surface area contributed by atoms with Gasteiger partial charge in [-0.05, 0) is 31.7 Å². The van der Waals surface area contributed by atoms with Gasteiger partial charge in [-0.15, -0.1) is 0 Å². The number of aliphatic carboxylic acids is 2. The van der Waals surface area contributed by atoms with E-state index in [1.807, 2.05) is 0 Å². The van der Waals surface area contributed by atoms with Gasteiger partial charge >= 0.3 is 11.9 Å². The van der Waals surface area contributed by atoms with Crippen molar-refractivity contribution in [1.82, 2.24) is 5.32 Å². The van der Waals surface area contributed by atoms with Gasteiger partial charge in [-0.1, -0.05) is 6.42 Å². The average molecular weight is 331 g/mol. The zero-order valence-corrected chi connectivity index (χ0v) is 12.6. The van der Waals surface area contributed by atoms with Gasteiger partial charge < -0.3 is 27.0 Å². The van der Waals surface area contributed by atoms with E-state index in [1.165, 1.54) is 0 Å². The number of rotatable bonds is 8. The molecule has 2 saturated carbocycles. The maximum Gasteiger partial charge on any atom is 0.332 e. The van der Waals surface area contributed by atoms with Crippen LogP contribution in [-0.4, -0.2) is 52.4 Å². The lowest BCUT2D eigenvalue weighted by Gasteiger charge is -2.32. The average Bonchev–Trinajstić information content (AvgIpc) is 3.11. The Hall–Kier alpha value is -1.74. The maximum absolute atomic E-state index is 14.3. The monoisotopic (exact) mass is 331 g/mol. The molecule has 2 aliphatic carbocycles. The molecule has 0 aromatic carbocycles. The molecule has 0 aromatic rings. The Balaban J connectivity index is 2.11. The van der Waals surface area contributed by atoms with Crippen LogP contribution in [-0.2, 0) is 14.4 Å². The van der Waals surface area contributed by atoms with Crippen LogP contribution in [0, 0.1) is 17.8 Å². The summed E-state index contributed by atoms with van der Waals surface area (Å²) < 4.78 is 14.3. The van der Waals surface area contributed by atoms with Crippen molar-refractivity contribution in [1.29, 1.82) is 0 Å². The minimum absolute atomic E-state index is 0.184. The van der Waals surface area contributed by atoms with Gasteiger partial charge in [0, 0.05) is 5.92 Å². The number of carbonyl (C=O) groups excluding carboxylic acids is 1. The Bertz CT molecular complexity index is 517. The molecule has 2 aliphatic rings. The lowest BCUT2D eigenvalue weighted by molar-refractivity contribution is -0.153. The molecule has 0 aliphatic heterocycles. The second kappa shape index (κ2) is 6.40. The largest absolute Gasteiger partial charge is 0.481 e. The molecule has 9 heteroatoms. The van der Waals surface area contributed by atoms with Gasteiger partial charge in [0.2, 0.25) is 5.91 Å². The van der Waals surface area contributed by atoms with Gasteiger partial charge in [0.15, 0.2) is 5.54 Å². The fraction of sp³-hybridized carbons (Fsp3) is 0.786. The minimum atomic E-state index is -2.20. The lowest BCUT2D eigenvalue weighted by atomic mass is 9.88. The molecule has 23 heavy (non-hydrogen) atoms. The first-order chi connectivity index (χ1) is 10.8. The van der Waals surface area contributed by atoms with Crippen LogP contribution in [0.5, 0.6) is 0 Å². The number of carboxylic acids is 2. The van der Waals surface area contributed by atoms with E-state index in [-0.39, 0.29) is 6.42 Å². The molecule has 0 saturated heterocycles. The number of unbranched alkanes of at least 4 members (excludes halogenated alkanes) is 1. The summed E-state index contributed by atoms with van der Waals surface area (Å²) in [6, 6.07) is -0.981. The topological polar surface area (TPSA) is 156 Å². The number of nitrogens with one attached hydrogen (secondary N) is 1. The first kappa shape index (κ1) is 17.6. The molecule has 0 heterocycles. The standard InChI is InChI=1S/C14H22FN3O5/c15-8-5-6-9(12(20)21)10(6)14(8,13(22)23)18-11(19)7(17)3-1-2-4-16/h6-10H,1-5,16-17H2,(H,18,19)(H,20,21)(H,22,23)/t6-,7-,8-,9-,10-,14-/m0/s1. The first-order valence-electron chi connectivity index (χ1n) is 7.65. The number of fused-ring (bicyclic) bond motifs is 1. The highest BCUT2D eigenvalue weighted by molar-refractivity contribution is 5.93. The molecular weight excluding hydrogens is 309 g/mol. The molecule has 7 N–H and O–H groups in total. The van der Waals surface area contributed by atoms with Gasteiger partial charge in [-0.2, -0.15) is 0 Å². The van der Waals surface area contributed by atoms with Crippen molar-refractivity contribution in [3.63, 3.8) is 0 Å². The van der Waals surface area contributed by atoms with E-state index in [2.05, 4.69) is 5.32 Å². The molecule has 0 aromatic heterocycles. The van der Waals surface area contributed by atoms with Gasteiger partial charge in [0.05, 0.1) is 12.0 Å². The molecule has 0 spiro atoms. The van der Waals surface area contributed by atoms with Crippen molar-refractivity contribution >= 4 is 17.8 Å². The smallest absolute Gasteiger partial charge is 0.332 e. The molecule has 1 amide bonds. The van der Waals surface area contributed by atoms with E-state index < -0.39 is 53.4 Å². The maximum atomic E-state index is 14.3. The quantitative estimate of drug-likeness (QED) is 0.360. The Morgan fingerprint density at radius 2 is 1.96 bits per heavy atom. The predicted octanol–water partition coefficient (Wildman–Crippen LogP) is -0.929. The minimum Gasteiger partial charge on any atom is -0.481 e. The van der Waals surface area contributed by atoms with Crippen molar-refractivity contribution in [2.45, 2.75) is 43.4 Å². The van der Waals surface area contributed by atoms with Crippen LogP contribution < -0.4 is 16.8 Å². The van der Waals surface area contributed by atoms with Gasteiger partial charge in [-0.3, -0.25) is 9.59 Å². The van der Waals surface area contributed by atoms with Crippen LogP contribution in [0.25, 0.3) is 0 Å². The van der Waals surface area contributed by atoms with E-state index in [0.29, 0.717) is 25.8 Å². The highest BCUT2D eigenvalue weighted by Crippen LogP contribution is 2.63. The summed E-state index contributed by atoms with van der Waals surface area (Å²) in [4.78, 5) is 34.9. The summed E-state index contributed by atoms with van der Waals surface area (Å²) >= 11 is 0. The second-order valence-corrected chi connectivity index (χ2v) is 6.31. The van der Waals surface area contributed by atoms with Gasteiger partial charge in [-0.25, -0.2) is 9.18 Å². The summed E-state index contributed by atoms with van der Waals surface area (Å²) in [6.45, 7) is 0.448. The zero-order valence-electron chi connectivity index (χ0n) is 12.6.